The van der Waals surface area contributed by atoms with Crippen LogP contribution in [0.3, 0.4) is 0 Å². The Morgan fingerprint density at radius 2 is 1.71 bits per heavy atom. The van der Waals surface area contributed by atoms with Gasteiger partial charge < -0.3 is 10.6 Å². The zero-order valence-corrected chi connectivity index (χ0v) is 19.1. The van der Waals surface area contributed by atoms with Crippen molar-refractivity contribution < 1.29 is 18.0 Å². The predicted molar refractivity (Wildman–Crippen MR) is 121 cm³/mol. The number of hydrogen-bond acceptors (Lipinski definition) is 4. The van der Waals surface area contributed by atoms with Gasteiger partial charge in [0.15, 0.2) is 0 Å². The molecule has 0 unspecified atom stereocenters. The third-order valence-corrected chi connectivity index (χ3v) is 6.70. The number of anilines is 2. The maximum absolute atomic E-state index is 13.0. The van der Waals surface area contributed by atoms with E-state index in [1.165, 1.54) is 13.0 Å². The van der Waals surface area contributed by atoms with Gasteiger partial charge in [0, 0.05) is 19.2 Å². The van der Waals surface area contributed by atoms with Gasteiger partial charge in [0.2, 0.25) is 11.8 Å². The van der Waals surface area contributed by atoms with Crippen molar-refractivity contribution in [2.75, 3.05) is 16.6 Å². The Hall–Kier alpha value is -2.87. The topological polar surface area (TPSA) is 104 Å². The molecule has 8 heteroatoms. The van der Waals surface area contributed by atoms with Crippen LogP contribution in [0.2, 0.25) is 0 Å². The Morgan fingerprint density at radius 3 is 2.26 bits per heavy atom. The largest absolute Gasteiger partial charge is 0.355 e. The molecule has 0 bridgehead atoms. The van der Waals surface area contributed by atoms with Crippen molar-refractivity contribution in [2.24, 2.45) is 5.92 Å². The number of hydrogen-bond donors (Lipinski definition) is 3. The number of carbonyl (C=O) groups is 2. The van der Waals surface area contributed by atoms with Crippen LogP contribution in [0, 0.1) is 12.8 Å². The fourth-order valence-corrected chi connectivity index (χ4v) is 4.76. The number of amides is 2. The first kappa shape index (κ1) is 22.8. The second-order valence-corrected chi connectivity index (χ2v) is 10.2. The van der Waals surface area contributed by atoms with Crippen molar-refractivity contribution in [1.82, 2.24) is 5.32 Å². The van der Waals surface area contributed by atoms with E-state index in [9.17, 15) is 18.0 Å². The minimum absolute atomic E-state index is 0.00139. The van der Waals surface area contributed by atoms with Crippen LogP contribution in [-0.2, 0) is 25.0 Å². The van der Waals surface area contributed by atoms with E-state index in [4.69, 9.17) is 0 Å². The molecule has 1 aliphatic rings. The molecule has 0 atom stereocenters. The Labute approximate surface area is 183 Å². The summed E-state index contributed by atoms with van der Waals surface area (Å²) < 4.78 is 28.5. The number of benzene rings is 2. The molecule has 1 fully saturated rings. The zero-order valence-electron chi connectivity index (χ0n) is 18.3. The van der Waals surface area contributed by atoms with Crippen LogP contribution in [-0.4, -0.2) is 26.8 Å². The molecule has 2 aromatic rings. The molecule has 1 aliphatic carbocycles. The molecular weight excluding hydrogens is 414 g/mol. The van der Waals surface area contributed by atoms with Crippen LogP contribution >= 0.6 is 0 Å². The SMILES string of the molecule is CC(=O)Nc1ccc(C)cc1S(=O)(=O)Nc1ccc(C2(C(=O)NCC(C)C)CC2)cc1. The van der Waals surface area contributed by atoms with Crippen molar-refractivity contribution in [1.29, 1.82) is 0 Å². The molecule has 166 valence electrons. The molecule has 0 aliphatic heterocycles. The second-order valence-electron chi connectivity index (χ2n) is 8.55. The normalized spacial score (nSPS) is 14.7. The number of carbonyl (C=O) groups excluding carboxylic acids is 2. The van der Waals surface area contributed by atoms with Crippen LogP contribution in [0.25, 0.3) is 0 Å². The van der Waals surface area contributed by atoms with Crippen molar-refractivity contribution in [2.45, 2.75) is 50.8 Å². The Balaban J connectivity index is 1.79. The van der Waals surface area contributed by atoms with E-state index in [1.807, 2.05) is 13.8 Å². The van der Waals surface area contributed by atoms with Gasteiger partial charge in [-0.15, -0.1) is 0 Å². The van der Waals surface area contributed by atoms with E-state index in [2.05, 4.69) is 15.4 Å². The summed E-state index contributed by atoms with van der Waals surface area (Å²) in [5, 5.41) is 5.56. The third-order valence-electron chi connectivity index (χ3n) is 5.28. The Morgan fingerprint density at radius 1 is 1.06 bits per heavy atom. The summed E-state index contributed by atoms with van der Waals surface area (Å²) in [5.41, 5.74) is 1.74. The number of rotatable bonds is 8. The van der Waals surface area contributed by atoms with Crippen LogP contribution in [0.1, 0.15) is 44.7 Å². The van der Waals surface area contributed by atoms with E-state index >= 15 is 0 Å². The van der Waals surface area contributed by atoms with E-state index in [-0.39, 0.29) is 22.4 Å². The van der Waals surface area contributed by atoms with E-state index < -0.39 is 15.4 Å². The summed E-state index contributed by atoms with van der Waals surface area (Å²) in [7, 11) is -3.92. The minimum Gasteiger partial charge on any atom is -0.355 e. The molecule has 0 heterocycles. The average Bonchev–Trinajstić information content (AvgIpc) is 3.49. The first-order chi connectivity index (χ1) is 14.5. The Bertz CT molecular complexity index is 1090. The lowest BCUT2D eigenvalue weighted by molar-refractivity contribution is -0.123. The number of aryl methyl sites for hydroxylation is 1. The minimum atomic E-state index is -3.92. The summed E-state index contributed by atoms with van der Waals surface area (Å²) in [6.45, 7) is 7.84. The molecule has 1 saturated carbocycles. The smallest absolute Gasteiger partial charge is 0.263 e. The van der Waals surface area contributed by atoms with Crippen molar-refractivity contribution >= 4 is 33.2 Å². The van der Waals surface area contributed by atoms with Gasteiger partial charge in [-0.25, -0.2) is 8.42 Å². The second kappa shape index (κ2) is 8.70. The quantitative estimate of drug-likeness (QED) is 0.580. The monoisotopic (exact) mass is 443 g/mol. The van der Waals surface area contributed by atoms with Gasteiger partial charge in [0.1, 0.15) is 4.90 Å². The van der Waals surface area contributed by atoms with Crippen molar-refractivity contribution in [3.63, 3.8) is 0 Å². The molecule has 2 amide bonds. The Kier molecular flexibility index (Phi) is 6.40. The average molecular weight is 444 g/mol. The molecule has 0 aromatic heterocycles. The van der Waals surface area contributed by atoms with E-state index in [1.54, 1.807) is 43.3 Å². The lowest BCUT2D eigenvalue weighted by Crippen LogP contribution is -2.36. The standard InChI is InChI=1S/C23H29N3O4S/c1-15(2)14-24-22(28)23(11-12-23)18-6-8-19(9-7-18)26-31(29,30)21-13-16(3)5-10-20(21)25-17(4)27/h5-10,13,15,26H,11-12,14H2,1-4H3,(H,24,28)(H,25,27). The zero-order chi connectivity index (χ0) is 22.8. The molecule has 3 rings (SSSR count). The summed E-state index contributed by atoms with van der Waals surface area (Å²) in [5.74, 6) is 0.0462. The third kappa shape index (κ3) is 5.25. The lowest BCUT2D eigenvalue weighted by atomic mass is 9.94. The maximum Gasteiger partial charge on any atom is 0.263 e. The maximum atomic E-state index is 13.0. The molecular formula is C23H29N3O4S. The molecule has 3 N–H and O–H groups in total. The lowest BCUT2D eigenvalue weighted by Gasteiger charge is -2.18. The fourth-order valence-electron chi connectivity index (χ4n) is 3.45. The van der Waals surface area contributed by atoms with Gasteiger partial charge in [-0.2, -0.15) is 0 Å². The summed E-state index contributed by atoms with van der Waals surface area (Å²) in [4.78, 5) is 24.1. The summed E-state index contributed by atoms with van der Waals surface area (Å²) in [6.07, 6.45) is 1.57. The van der Waals surface area contributed by atoms with Gasteiger partial charge in [-0.3, -0.25) is 14.3 Å². The van der Waals surface area contributed by atoms with Gasteiger partial charge in [-0.05, 0) is 61.1 Å². The van der Waals surface area contributed by atoms with E-state index in [0.29, 0.717) is 18.2 Å². The van der Waals surface area contributed by atoms with Crippen LogP contribution in [0.5, 0.6) is 0 Å². The predicted octanol–water partition coefficient (Wildman–Crippen LogP) is 3.56. The van der Waals surface area contributed by atoms with Gasteiger partial charge in [-0.1, -0.05) is 32.0 Å². The fraction of sp³-hybridized carbons (Fsp3) is 0.391. The highest BCUT2D eigenvalue weighted by Crippen LogP contribution is 2.48. The van der Waals surface area contributed by atoms with Crippen LogP contribution in [0.15, 0.2) is 47.4 Å². The van der Waals surface area contributed by atoms with Crippen molar-refractivity contribution in [3.05, 3.63) is 53.6 Å². The highest BCUT2D eigenvalue weighted by molar-refractivity contribution is 7.92. The molecule has 0 saturated heterocycles. The summed E-state index contributed by atoms with van der Waals surface area (Å²) >= 11 is 0. The molecule has 0 spiro atoms. The van der Waals surface area contributed by atoms with Crippen LogP contribution in [0.4, 0.5) is 11.4 Å². The first-order valence-electron chi connectivity index (χ1n) is 10.3. The van der Waals surface area contributed by atoms with Gasteiger partial charge in [0.25, 0.3) is 10.0 Å². The highest BCUT2D eigenvalue weighted by Gasteiger charge is 2.51. The van der Waals surface area contributed by atoms with Gasteiger partial charge >= 0.3 is 0 Å². The van der Waals surface area contributed by atoms with E-state index in [0.717, 1.165) is 24.0 Å². The molecule has 7 nitrogen and oxygen atoms in total. The molecule has 31 heavy (non-hydrogen) atoms. The molecule has 2 aromatic carbocycles. The van der Waals surface area contributed by atoms with Crippen molar-refractivity contribution in [3.8, 4) is 0 Å². The number of sulfonamides is 1. The van der Waals surface area contributed by atoms with Crippen LogP contribution < -0.4 is 15.4 Å². The van der Waals surface area contributed by atoms with Gasteiger partial charge in [0.05, 0.1) is 11.1 Å². The number of nitrogens with one attached hydrogen (secondary N) is 3. The first-order valence-corrected chi connectivity index (χ1v) is 11.8. The summed E-state index contributed by atoms with van der Waals surface area (Å²) in [6, 6.07) is 11.7. The highest BCUT2D eigenvalue weighted by atomic mass is 32.2. The molecule has 0 radical (unpaired) electrons.